The Morgan fingerprint density at radius 2 is 1.77 bits per heavy atom. The largest absolute Gasteiger partial charge is 0.340 e. The van der Waals surface area contributed by atoms with Crippen molar-refractivity contribution in [2.75, 3.05) is 33.7 Å². The third-order valence-electron chi connectivity index (χ3n) is 1.81. The molecule has 0 spiro atoms. The van der Waals surface area contributed by atoms with Gasteiger partial charge in [-0.3, -0.25) is 4.79 Å². The topological polar surface area (TPSA) is 23.6 Å². The van der Waals surface area contributed by atoms with E-state index in [0.29, 0.717) is 0 Å². The van der Waals surface area contributed by atoms with E-state index in [1.165, 1.54) is 0 Å². The zero-order valence-corrected chi connectivity index (χ0v) is 9.08. The Hall–Kier alpha value is -0.830. The van der Waals surface area contributed by atoms with Crippen LogP contribution >= 0.6 is 0 Å². The van der Waals surface area contributed by atoms with Crippen LogP contribution in [0, 0.1) is 0 Å². The highest BCUT2D eigenvalue weighted by molar-refractivity contribution is 5.87. The number of nitrogens with zero attached hydrogens (tertiary/aromatic N) is 2. The van der Waals surface area contributed by atoms with Gasteiger partial charge in [-0.25, -0.2) is 0 Å². The minimum Gasteiger partial charge on any atom is -0.340 e. The number of likely N-dealkylation sites (N-methyl/N-ethyl adjacent to an activating group) is 2. The monoisotopic (exact) mass is 184 g/mol. The summed E-state index contributed by atoms with van der Waals surface area (Å²) in [5.41, 5.74) is 0. The molecule has 0 rings (SSSR count). The van der Waals surface area contributed by atoms with Crippen LogP contribution in [0.15, 0.2) is 12.2 Å². The highest BCUT2D eigenvalue weighted by atomic mass is 16.2. The third kappa shape index (κ3) is 5.42. The summed E-state index contributed by atoms with van der Waals surface area (Å²) in [6.45, 7) is 6.35. The molecular weight excluding hydrogens is 164 g/mol. The van der Waals surface area contributed by atoms with Crippen LogP contribution in [0.3, 0.4) is 0 Å². The standard InChI is InChI=1S/C10H20N2O/c1-5-12(6-2)10(13)8-7-9-11(3)4/h7-8H,5-6,9H2,1-4H3/b8-7+. The first-order valence-corrected chi connectivity index (χ1v) is 4.72. The highest BCUT2D eigenvalue weighted by Gasteiger charge is 2.03. The van der Waals surface area contributed by atoms with Crippen molar-refractivity contribution in [2.24, 2.45) is 0 Å². The average Bonchev–Trinajstić information content (AvgIpc) is 2.05. The lowest BCUT2D eigenvalue weighted by Gasteiger charge is -2.16. The highest BCUT2D eigenvalue weighted by Crippen LogP contribution is 1.90. The van der Waals surface area contributed by atoms with Gasteiger partial charge in [-0.05, 0) is 27.9 Å². The Balaban J connectivity index is 3.90. The van der Waals surface area contributed by atoms with Crippen molar-refractivity contribution < 1.29 is 4.79 Å². The first kappa shape index (κ1) is 12.2. The molecule has 0 saturated heterocycles. The van der Waals surface area contributed by atoms with Gasteiger partial charge < -0.3 is 9.80 Å². The van der Waals surface area contributed by atoms with Gasteiger partial charge in [-0.2, -0.15) is 0 Å². The second-order valence-corrected chi connectivity index (χ2v) is 3.18. The molecule has 0 heterocycles. The van der Waals surface area contributed by atoms with Crippen LogP contribution in [-0.2, 0) is 4.79 Å². The molecule has 0 aliphatic rings. The van der Waals surface area contributed by atoms with Gasteiger partial charge in [0.1, 0.15) is 0 Å². The zero-order chi connectivity index (χ0) is 10.3. The normalized spacial score (nSPS) is 11.2. The average molecular weight is 184 g/mol. The molecule has 3 nitrogen and oxygen atoms in total. The fourth-order valence-corrected chi connectivity index (χ4v) is 1.01. The molecule has 13 heavy (non-hydrogen) atoms. The Kier molecular flexibility index (Phi) is 6.24. The van der Waals surface area contributed by atoms with Crippen molar-refractivity contribution >= 4 is 5.91 Å². The van der Waals surface area contributed by atoms with Crippen LogP contribution in [0.25, 0.3) is 0 Å². The minimum absolute atomic E-state index is 0.104. The lowest BCUT2D eigenvalue weighted by molar-refractivity contribution is -0.125. The first-order chi connectivity index (χ1) is 6.11. The SMILES string of the molecule is CCN(CC)C(=O)/C=C/CN(C)C. The molecule has 0 N–H and O–H groups in total. The number of rotatable bonds is 5. The number of hydrogen-bond acceptors (Lipinski definition) is 2. The second-order valence-electron chi connectivity index (χ2n) is 3.18. The summed E-state index contributed by atoms with van der Waals surface area (Å²) in [7, 11) is 3.96. The van der Waals surface area contributed by atoms with Crippen molar-refractivity contribution in [3.8, 4) is 0 Å². The number of carbonyl (C=O) groups excluding carboxylic acids is 1. The first-order valence-electron chi connectivity index (χ1n) is 4.72. The van der Waals surface area contributed by atoms with Gasteiger partial charge in [0.25, 0.3) is 0 Å². The molecule has 0 aliphatic heterocycles. The van der Waals surface area contributed by atoms with Crippen LogP contribution in [0.2, 0.25) is 0 Å². The van der Waals surface area contributed by atoms with E-state index < -0.39 is 0 Å². The van der Waals surface area contributed by atoms with Crippen LogP contribution < -0.4 is 0 Å². The molecule has 0 aliphatic carbocycles. The summed E-state index contributed by atoms with van der Waals surface area (Å²) in [4.78, 5) is 15.2. The summed E-state index contributed by atoms with van der Waals surface area (Å²) in [6, 6.07) is 0. The Bertz CT molecular complexity index is 172. The van der Waals surface area contributed by atoms with E-state index in [0.717, 1.165) is 19.6 Å². The molecule has 0 saturated carbocycles. The zero-order valence-electron chi connectivity index (χ0n) is 9.08. The third-order valence-corrected chi connectivity index (χ3v) is 1.81. The maximum absolute atomic E-state index is 11.4. The van der Waals surface area contributed by atoms with Gasteiger partial charge in [0.05, 0.1) is 0 Å². The quantitative estimate of drug-likeness (QED) is 0.594. The summed E-state index contributed by atoms with van der Waals surface area (Å²) in [5, 5.41) is 0. The van der Waals surface area contributed by atoms with Crippen LogP contribution in [0.5, 0.6) is 0 Å². The van der Waals surface area contributed by atoms with E-state index in [-0.39, 0.29) is 5.91 Å². The van der Waals surface area contributed by atoms with E-state index in [1.807, 2.05) is 38.9 Å². The van der Waals surface area contributed by atoms with Gasteiger partial charge >= 0.3 is 0 Å². The van der Waals surface area contributed by atoms with E-state index in [1.54, 1.807) is 11.0 Å². The molecule has 0 aromatic rings. The molecule has 0 unspecified atom stereocenters. The molecular formula is C10H20N2O. The van der Waals surface area contributed by atoms with Gasteiger partial charge in [-0.1, -0.05) is 6.08 Å². The fraction of sp³-hybridized carbons (Fsp3) is 0.700. The lowest BCUT2D eigenvalue weighted by Crippen LogP contribution is -2.28. The van der Waals surface area contributed by atoms with Crippen LogP contribution in [0.4, 0.5) is 0 Å². The number of amides is 1. The maximum atomic E-state index is 11.4. The molecule has 76 valence electrons. The van der Waals surface area contributed by atoms with E-state index in [2.05, 4.69) is 0 Å². The molecule has 0 aromatic heterocycles. The molecule has 0 radical (unpaired) electrons. The predicted molar refractivity (Wildman–Crippen MR) is 55.6 cm³/mol. The van der Waals surface area contributed by atoms with E-state index in [9.17, 15) is 4.79 Å². The summed E-state index contributed by atoms with van der Waals surface area (Å²) < 4.78 is 0. The molecule has 0 aromatic carbocycles. The van der Waals surface area contributed by atoms with Crippen molar-refractivity contribution in [2.45, 2.75) is 13.8 Å². The Labute approximate surface area is 81.0 Å². The van der Waals surface area contributed by atoms with Gasteiger partial charge in [0, 0.05) is 25.7 Å². The Morgan fingerprint density at radius 1 is 1.23 bits per heavy atom. The smallest absolute Gasteiger partial charge is 0.246 e. The molecule has 0 fully saturated rings. The number of hydrogen-bond donors (Lipinski definition) is 0. The molecule has 0 atom stereocenters. The molecule has 1 amide bonds. The van der Waals surface area contributed by atoms with E-state index >= 15 is 0 Å². The maximum Gasteiger partial charge on any atom is 0.246 e. The summed E-state index contributed by atoms with van der Waals surface area (Å²) >= 11 is 0. The predicted octanol–water partition coefficient (Wildman–Crippen LogP) is 0.973. The molecule has 0 bridgehead atoms. The van der Waals surface area contributed by atoms with E-state index in [4.69, 9.17) is 0 Å². The summed E-state index contributed by atoms with van der Waals surface area (Å²) in [5.74, 6) is 0.104. The van der Waals surface area contributed by atoms with Crippen LogP contribution in [-0.4, -0.2) is 49.4 Å². The van der Waals surface area contributed by atoms with Gasteiger partial charge in [-0.15, -0.1) is 0 Å². The fourth-order valence-electron chi connectivity index (χ4n) is 1.01. The van der Waals surface area contributed by atoms with Crippen molar-refractivity contribution in [1.82, 2.24) is 9.80 Å². The lowest BCUT2D eigenvalue weighted by atomic mass is 10.4. The minimum atomic E-state index is 0.104. The van der Waals surface area contributed by atoms with Crippen molar-refractivity contribution in [3.63, 3.8) is 0 Å². The van der Waals surface area contributed by atoms with Crippen molar-refractivity contribution in [1.29, 1.82) is 0 Å². The second kappa shape index (κ2) is 6.66. The number of carbonyl (C=O) groups is 1. The summed E-state index contributed by atoms with van der Waals surface area (Å²) in [6.07, 6.45) is 3.54. The van der Waals surface area contributed by atoms with Crippen LogP contribution in [0.1, 0.15) is 13.8 Å². The molecule has 3 heteroatoms. The van der Waals surface area contributed by atoms with Crippen molar-refractivity contribution in [3.05, 3.63) is 12.2 Å². The van der Waals surface area contributed by atoms with Gasteiger partial charge in [0.2, 0.25) is 5.91 Å². The Morgan fingerprint density at radius 3 is 2.15 bits per heavy atom. The van der Waals surface area contributed by atoms with Gasteiger partial charge in [0.15, 0.2) is 0 Å².